The molecule has 1 aliphatic rings. The SMILES string of the molecule is Cc1ncc(N)cc1C(=O)N1CCCOCC1. The second-order valence-corrected chi connectivity index (χ2v) is 4.16. The first-order chi connectivity index (χ1) is 8.18. The number of anilines is 1. The second kappa shape index (κ2) is 5.14. The van der Waals surface area contributed by atoms with E-state index in [0.717, 1.165) is 25.3 Å². The highest BCUT2D eigenvalue weighted by atomic mass is 16.5. The number of nitrogens with two attached hydrogens (primary N) is 1. The first kappa shape index (κ1) is 11.9. The average Bonchev–Trinajstić information content (AvgIpc) is 2.60. The molecule has 17 heavy (non-hydrogen) atoms. The fraction of sp³-hybridized carbons (Fsp3) is 0.500. The number of nitrogen functional groups attached to an aromatic ring is 1. The van der Waals surface area contributed by atoms with Crippen LogP contribution in [0.3, 0.4) is 0 Å². The van der Waals surface area contributed by atoms with Crippen molar-refractivity contribution in [2.45, 2.75) is 13.3 Å². The number of aryl methyl sites for hydroxylation is 1. The van der Waals surface area contributed by atoms with Crippen LogP contribution in [0, 0.1) is 6.92 Å². The number of amides is 1. The van der Waals surface area contributed by atoms with E-state index in [-0.39, 0.29) is 5.91 Å². The Balaban J connectivity index is 2.20. The highest BCUT2D eigenvalue weighted by Gasteiger charge is 2.19. The summed E-state index contributed by atoms with van der Waals surface area (Å²) in [5, 5.41) is 0. The van der Waals surface area contributed by atoms with Crippen molar-refractivity contribution in [2.75, 3.05) is 32.0 Å². The van der Waals surface area contributed by atoms with Gasteiger partial charge in [-0.3, -0.25) is 9.78 Å². The molecule has 2 heterocycles. The van der Waals surface area contributed by atoms with E-state index in [1.165, 1.54) is 0 Å². The lowest BCUT2D eigenvalue weighted by molar-refractivity contribution is 0.0740. The maximum atomic E-state index is 12.3. The van der Waals surface area contributed by atoms with Gasteiger partial charge in [0.2, 0.25) is 0 Å². The normalized spacial score (nSPS) is 16.6. The third kappa shape index (κ3) is 2.74. The number of ether oxygens (including phenoxy) is 1. The van der Waals surface area contributed by atoms with Crippen molar-refractivity contribution in [2.24, 2.45) is 0 Å². The highest BCUT2D eigenvalue weighted by Crippen LogP contribution is 2.13. The Kier molecular flexibility index (Phi) is 3.58. The van der Waals surface area contributed by atoms with Crippen LogP contribution in [0.4, 0.5) is 5.69 Å². The maximum Gasteiger partial charge on any atom is 0.255 e. The first-order valence-electron chi connectivity index (χ1n) is 5.77. The molecule has 2 rings (SSSR count). The van der Waals surface area contributed by atoms with E-state index in [1.807, 2.05) is 6.92 Å². The van der Waals surface area contributed by atoms with Crippen molar-refractivity contribution < 1.29 is 9.53 Å². The van der Waals surface area contributed by atoms with Gasteiger partial charge in [0.15, 0.2) is 0 Å². The molecule has 1 aromatic rings. The molecule has 1 saturated heterocycles. The van der Waals surface area contributed by atoms with Crippen molar-refractivity contribution in [3.8, 4) is 0 Å². The van der Waals surface area contributed by atoms with Crippen LogP contribution in [-0.2, 0) is 4.74 Å². The molecule has 1 amide bonds. The molecule has 0 radical (unpaired) electrons. The number of carbonyl (C=O) groups excluding carboxylic acids is 1. The zero-order valence-corrected chi connectivity index (χ0v) is 9.98. The Bertz CT molecular complexity index is 412. The molecule has 0 aliphatic carbocycles. The fourth-order valence-electron chi connectivity index (χ4n) is 1.89. The summed E-state index contributed by atoms with van der Waals surface area (Å²) in [6, 6.07) is 1.69. The van der Waals surface area contributed by atoms with Crippen LogP contribution in [-0.4, -0.2) is 42.1 Å². The lowest BCUT2D eigenvalue weighted by Gasteiger charge is -2.20. The van der Waals surface area contributed by atoms with Gasteiger partial charge in [0.1, 0.15) is 0 Å². The van der Waals surface area contributed by atoms with E-state index >= 15 is 0 Å². The van der Waals surface area contributed by atoms with Gasteiger partial charge in [-0.05, 0) is 19.4 Å². The summed E-state index contributed by atoms with van der Waals surface area (Å²) in [6.07, 6.45) is 2.44. The minimum Gasteiger partial charge on any atom is -0.397 e. The van der Waals surface area contributed by atoms with Gasteiger partial charge in [0.05, 0.1) is 29.7 Å². The van der Waals surface area contributed by atoms with Crippen molar-refractivity contribution in [1.29, 1.82) is 0 Å². The number of pyridine rings is 1. The predicted octanol–water partition coefficient (Wildman–Crippen LogP) is 0.835. The molecule has 2 N–H and O–H groups in total. The summed E-state index contributed by atoms with van der Waals surface area (Å²) in [4.78, 5) is 18.2. The Morgan fingerprint density at radius 1 is 1.47 bits per heavy atom. The molecule has 1 fully saturated rings. The monoisotopic (exact) mass is 235 g/mol. The molecular formula is C12H17N3O2. The number of hydrogen-bond acceptors (Lipinski definition) is 4. The van der Waals surface area contributed by atoms with Gasteiger partial charge < -0.3 is 15.4 Å². The van der Waals surface area contributed by atoms with Crippen molar-refractivity contribution in [1.82, 2.24) is 9.88 Å². The highest BCUT2D eigenvalue weighted by molar-refractivity contribution is 5.96. The third-order valence-electron chi connectivity index (χ3n) is 2.85. The van der Waals surface area contributed by atoms with Gasteiger partial charge in [-0.15, -0.1) is 0 Å². The number of nitrogens with zero attached hydrogens (tertiary/aromatic N) is 2. The van der Waals surface area contributed by atoms with Gasteiger partial charge in [-0.2, -0.15) is 0 Å². The summed E-state index contributed by atoms with van der Waals surface area (Å²) >= 11 is 0. The number of rotatable bonds is 1. The van der Waals surface area contributed by atoms with Crippen LogP contribution in [0.2, 0.25) is 0 Å². The summed E-state index contributed by atoms with van der Waals surface area (Å²) < 4.78 is 5.33. The van der Waals surface area contributed by atoms with Gasteiger partial charge in [0.25, 0.3) is 5.91 Å². The van der Waals surface area contributed by atoms with Crippen LogP contribution in [0.5, 0.6) is 0 Å². The molecule has 0 aromatic carbocycles. The molecule has 0 atom stereocenters. The summed E-state index contributed by atoms with van der Waals surface area (Å²) in [5.74, 6) is -0.00667. The van der Waals surface area contributed by atoms with Crippen LogP contribution in [0.15, 0.2) is 12.3 Å². The van der Waals surface area contributed by atoms with Crippen LogP contribution < -0.4 is 5.73 Å². The van der Waals surface area contributed by atoms with E-state index < -0.39 is 0 Å². The maximum absolute atomic E-state index is 12.3. The first-order valence-corrected chi connectivity index (χ1v) is 5.77. The molecule has 5 nitrogen and oxygen atoms in total. The van der Waals surface area contributed by atoms with E-state index in [9.17, 15) is 4.79 Å². The molecule has 1 aliphatic heterocycles. The van der Waals surface area contributed by atoms with E-state index in [4.69, 9.17) is 10.5 Å². The van der Waals surface area contributed by atoms with Crippen LogP contribution >= 0.6 is 0 Å². The third-order valence-corrected chi connectivity index (χ3v) is 2.85. The molecule has 0 bridgehead atoms. The van der Waals surface area contributed by atoms with Gasteiger partial charge in [-0.1, -0.05) is 0 Å². The van der Waals surface area contributed by atoms with E-state index in [2.05, 4.69) is 4.98 Å². The summed E-state index contributed by atoms with van der Waals surface area (Å²) in [5.41, 5.74) is 7.49. The van der Waals surface area contributed by atoms with Crippen molar-refractivity contribution in [3.05, 3.63) is 23.5 Å². The predicted molar refractivity (Wildman–Crippen MR) is 64.7 cm³/mol. The quantitative estimate of drug-likeness (QED) is 0.783. The number of carbonyl (C=O) groups is 1. The fourth-order valence-corrected chi connectivity index (χ4v) is 1.89. The molecule has 92 valence electrons. The Morgan fingerprint density at radius 3 is 3.12 bits per heavy atom. The minimum absolute atomic E-state index is 0.00667. The lowest BCUT2D eigenvalue weighted by atomic mass is 10.1. The van der Waals surface area contributed by atoms with Gasteiger partial charge >= 0.3 is 0 Å². The molecule has 0 spiro atoms. The largest absolute Gasteiger partial charge is 0.397 e. The molecule has 0 unspecified atom stereocenters. The van der Waals surface area contributed by atoms with Gasteiger partial charge in [-0.25, -0.2) is 0 Å². The van der Waals surface area contributed by atoms with Crippen molar-refractivity contribution in [3.63, 3.8) is 0 Å². The van der Waals surface area contributed by atoms with Crippen LogP contribution in [0.25, 0.3) is 0 Å². The van der Waals surface area contributed by atoms with E-state index in [1.54, 1.807) is 17.2 Å². The topological polar surface area (TPSA) is 68.5 Å². The van der Waals surface area contributed by atoms with Crippen LogP contribution in [0.1, 0.15) is 22.5 Å². The van der Waals surface area contributed by atoms with Gasteiger partial charge in [0, 0.05) is 19.7 Å². The Labute approximate surface area is 101 Å². The van der Waals surface area contributed by atoms with E-state index in [0.29, 0.717) is 24.4 Å². The molecule has 5 heteroatoms. The zero-order valence-electron chi connectivity index (χ0n) is 9.98. The Hall–Kier alpha value is -1.62. The smallest absolute Gasteiger partial charge is 0.255 e. The van der Waals surface area contributed by atoms with Crippen molar-refractivity contribution >= 4 is 11.6 Å². The molecule has 0 saturated carbocycles. The Morgan fingerprint density at radius 2 is 2.29 bits per heavy atom. The lowest BCUT2D eigenvalue weighted by Crippen LogP contribution is -2.33. The average molecular weight is 235 g/mol. The zero-order chi connectivity index (χ0) is 12.3. The molecular weight excluding hydrogens is 218 g/mol. The number of aromatic nitrogens is 1. The summed E-state index contributed by atoms with van der Waals surface area (Å²) in [6.45, 7) is 4.50. The minimum atomic E-state index is -0.00667. The standard InChI is InChI=1S/C12H17N3O2/c1-9-11(7-10(13)8-14-9)12(16)15-3-2-5-17-6-4-15/h7-8H,2-6,13H2,1H3. The second-order valence-electron chi connectivity index (χ2n) is 4.16. The number of hydrogen-bond donors (Lipinski definition) is 1. The molecule has 1 aromatic heterocycles. The summed E-state index contributed by atoms with van der Waals surface area (Å²) in [7, 11) is 0.